The lowest BCUT2D eigenvalue weighted by Gasteiger charge is -2.29. The first-order valence-electron chi connectivity index (χ1n) is 5.48. The van der Waals surface area contributed by atoms with E-state index in [1.165, 1.54) is 4.90 Å². The standard InChI is InChI=1S/C11H15N3O3/c1-6-8(3)17-10(13-6)5-14-4-9(15)12-7(2)11(14)16/h7H,4-5H2,1-3H3,(H,12,15). The van der Waals surface area contributed by atoms with Crippen molar-refractivity contribution in [2.45, 2.75) is 33.4 Å². The van der Waals surface area contributed by atoms with E-state index in [0.717, 1.165) is 11.5 Å². The minimum Gasteiger partial charge on any atom is -0.444 e. The highest BCUT2D eigenvalue weighted by Gasteiger charge is 2.30. The van der Waals surface area contributed by atoms with Gasteiger partial charge in [0.25, 0.3) is 0 Å². The smallest absolute Gasteiger partial charge is 0.245 e. The Balaban J connectivity index is 2.12. The normalized spacial score (nSPS) is 20.6. The van der Waals surface area contributed by atoms with E-state index in [-0.39, 0.29) is 24.9 Å². The molecular weight excluding hydrogens is 222 g/mol. The number of hydrogen-bond donors (Lipinski definition) is 1. The van der Waals surface area contributed by atoms with Gasteiger partial charge in [-0.05, 0) is 20.8 Å². The van der Waals surface area contributed by atoms with Crippen LogP contribution in [0.3, 0.4) is 0 Å². The highest BCUT2D eigenvalue weighted by atomic mass is 16.4. The third-order valence-corrected chi connectivity index (χ3v) is 2.79. The summed E-state index contributed by atoms with van der Waals surface area (Å²) in [7, 11) is 0. The van der Waals surface area contributed by atoms with Crippen LogP contribution in [0.5, 0.6) is 0 Å². The third kappa shape index (κ3) is 2.30. The number of nitrogens with zero attached hydrogens (tertiary/aromatic N) is 2. The van der Waals surface area contributed by atoms with Gasteiger partial charge in [-0.1, -0.05) is 0 Å². The lowest BCUT2D eigenvalue weighted by Crippen LogP contribution is -2.56. The molecule has 92 valence electrons. The summed E-state index contributed by atoms with van der Waals surface area (Å²) in [5, 5.41) is 2.58. The summed E-state index contributed by atoms with van der Waals surface area (Å²) in [6, 6.07) is -0.478. The largest absolute Gasteiger partial charge is 0.444 e. The fraction of sp³-hybridized carbons (Fsp3) is 0.545. The van der Waals surface area contributed by atoms with E-state index in [2.05, 4.69) is 10.3 Å². The van der Waals surface area contributed by atoms with E-state index in [0.29, 0.717) is 5.89 Å². The first kappa shape index (κ1) is 11.6. The Morgan fingerprint density at radius 1 is 1.47 bits per heavy atom. The summed E-state index contributed by atoms with van der Waals surface area (Å²) >= 11 is 0. The number of rotatable bonds is 2. The molecule has 6 nitrogen and oxygen atoms in total. The number of hydrogen-bond acceptors (Lipinski definition) is 4. The Morgan fingerprint density at radius 3 is 2.76 bits per heavy atom. The van der Waals surface area contributed by atoms with Crippen LogP contribution in [0.1, 0.15) is 24.3 Å². The van der Waals surface area contributed by atoms with Crippen LogP contribution in [-0.4, -0.2) is 34.3 Å². The number of aryl methyl sites for hydroxylation is 2. The molecule has 1 aromatic rings. The predicted octanol–water partition coefficient (Wildman–Crippen LogP) is 0.138. The predicted molar refractivity (Wildman–Crippen MR) is 59.0 cm³/mol. The fourth-order valence-corrected chi connectivity index (χ4v) is 1.78. The number of carbonyl (C=O) groups excluding carboxylic acids is 2. The summed E-state index contributed by atoms with van der Waals surface area (Å²) in [5.41, 5.74) is 0.807. The highest BCUT2D eigenvalue weighted by molar-refractivity contribution is 5.94. The molecule has 1 aromatic heterocycles. The van der Waals surface area contributed by atoms with Gasteiger partial charge in [-0.25, -0.2) is 4.98 Å². The second-order valence-electron chi connectivity index (χ2n) is 4.23. The van der Waals surface area contributed by atoms with Gasteiger partial charge in [-0.3, -0.25) is 9.59 Å². The second kappa shape index (κ2) is 4.20. The maximum atomic E-state index is 11.8. The molecule has 1 aliphatic heterocycles. The monoisotopic (exact) mass is 237 g/mol. The molecule has 1 unspecified atom stereocenters. The first-order valence-corrected chi connectivity index (χ1v) is 5.48. The molecular formula is C11H15N3O3. The molecule has 0 spiro atoms. The molecule has 2 rings (SSSR count). The molecule has 0 bridgehead atoms. The number of aromatic nitrogens is 1. The van der Waals surface area contributed by atoms with E-state index in [4.69, 9.17) is 4.42 Å². The summed E-state index contributed by atoms with van der Waals surface area (Å²) in [6.45, 7) is 5.63. The summed E-state index contributed by atoms with van der Waals surface area (Å²) in [5.74, 6) is 0.937. The van der Waals surface area contributed by atoms with Gasteiger partial charge < -0.3 is 14.6 Å². The number of piperazine rings is 1. The maximum absolute atomic E-state index is 11.8. The van der Waals surface area contributed by atoms with Crippen LogP contribution in [0.25, 0.3) is 0 Å². The van der Waals surface area contributed by atoms with E-state index >= 15 is 0 Å². The number of carbonyl (C=O) groups is 2. The van der Waals surface area contributed by atoms with Crippen molar-refractivity contribution < 1.29 is 14.0 Å². The van der Waals surface area contributed by atoms with Crippen LogP contribution in [0.2, 0.25) is 0 Å². The summed E-state index contributed by atoms with van der Waals surface area (Å²) in [6.07, 6.45) is 0. The van der Waals surface area contributed by atoms with Crippen LogP contribution >= 0.6 is 0 Å². The van der Waals surface area contributed by atoms with Crippen molar-refractivity contribution in [3.8, 4) is 0 Å². The molecule has 2 amide bonds. The first-order chi connectivity index (χ1) is 7.97. The molecule has 17 heavy (non-hydrogen) atoms. The van der Waals surface area contributed by atoms with Crippen molar-refractivity contribution in [3.63, 3.8) is 0 Å². The molecule has 1 saturated heterocycles. The Bertz CT molecular complexity index is 447. The average molecular weight is 237 g/mol. The Kier molecular flexibility index (Phi) is 2.87. The van der Waals surface area contributed by atoms with Crippen LogP contribution in [0, 0.1) is 13.8 Å². The van der Waals surface area contributed by atoms with Crippen molar-refractivity contribution in [1.82, 2.24) is 15.2 Å². The second-order valence-corrected chi connectivity index (χ2v) is 4.23. The van der Waals surface area contributed by atoms with Gasteiger partial charge in [0.2, 0.25) is 17.7 Å². The molecule has 1 fully saturated rings. The molecule has 0 radical (unpaired) electrons. The highest BCUT2D eigenvalue weighted by Crippen LogP contribution is 2.12. The minimum atomic E-state index is -0.478. The van der Waals surface area contributed by atoms with Crippen LogP contribution < -0.4 is 5.32 Å². The Labute approximate surface area is 99.0 Å². The van der Waals surface area contributed by atoms with E-state index in [1.807, 2.05) is 13.8 Å². The van der Waals surface area contributed by atoms with Crippen LogP contribution in [-0.2, 0) is 16.1 Å². The van der Waals surface area contributed by atoms with E-state index in [9.17, 15) is 9.59 Å². The summed E-state index contributed by atoms with van der Waals surface area (Å²) < 4.78 is 5.40. The SMILES string of the molecule is Cc1nc(CN2CC(=O)NC(C)C2=O)oc1C. The maximum Gasteiger partial charge on any atom is 0.245 e. The molecule has 2 heterocycles. The van der Waals surface area contributed by atoms with Crippen molar-refractivity contribution in [3.05, 3.63) is 17.3 Å². The number of oxazole rings is 1. The van der Waals surface area contributed by atoms with Crippen molar-refractivity contribution in [1.29, 1.82) is 0 Å². The molecule has 1 atom stereocenters. The van der Waals surface area contributed by atoms with Gasteiger partial charge in [0.1, 0.15) is 18.3 Å². The molecule has 0 saturated carbocycles. The number of nitrogens with one attached hydrogen (secondary N) is 1. The Hall–Kier alpha value is -1.85. The van der Waals surface area contributed by atoms with Crippen LogP contribution in [0.4, 0.5) is 0 Å². The third-order valence-electron chi connectivity index (χ3n) is 2.79. The average Bonchev–Trinajstić information content (AvgIpc) is 2.54. The summed E-state index contributed by atoms with van der Waals surface area (Å²) in [4.78, 5) is 28.8. The molecule has 1 N–H and O–H groups in total. The molecule has 1 aliphatic rings. The topological polar surface area (TPSA) is 75.4 Å². The molecule has 6 heteroatoms. The minimum absolute atomic E-state index is 0.0592. The van der Waals surface area contributed by atoms with Gasteiger partial charge in [-0.2, -0.15) is 0 Å². The van der Waals surface area contributed by atoms with Gasteiger partial charge in [0.05, 0.1) is 12.2 Å². The van der Waals surface area contributed by atoms with Gasteiger partial charge in [0.15, 0.2) is 0 Å². The van der Waals surface area contributed by atoms with Gasteiger partial charge in [0, 0.05) is 0 Å². The Morgan fingerprint density at radius 2 is 2.18 bits per heavy atom. The fourth-order valence-electron chi connectivity index (χ4n) is 1.78. The lowest BCUT2D eigenvalue weighted by atomic mass is 10.2. The van der Waals surface area contributed by atoms with Crippen LogP contribution in [0.15, 0.2) is 4.42 Å². The molecule has 0 aliphatic carbocycles. The van der Waals surface area contributed by atoms with Crippen molar-refractivity contribution >= 4 is 11.8 Å². The van der Waals surface area contributed by atoms with Gasteiger partial charge in [-0.15, -0.1) is 0 Å². The van der Waals surface area contributed by atoms with Crippen molar-refractivity contribution in [2.75, 3.05) is 6.54 Å². The van der Waals surface area contributed by atoms with Crippen molar-refractivity contribution in [2.24, 2.45) is 0 Å². The van der Waals surface area contributed by atoms with Gasteiger partial charge >= 0.3 is 0 Å². The quantitative estimate of drug-likeness (QED) is 0.793. The zero-order valence-electron chi connectivity index (χ0n) is 10.1. The zero-order chi connectivity index (χ0) is 12.6. The number of amides is 2. The van der Waals surface area contributed by atoms with E-state index < -0.39 is 6.04 Å². The lowest BCUT2D eigenvalue weighted by molar-refractivity contribution is -0.144. The molecule has 0 aromatic carbocycles. The zero-order valence-corrected chi connectivity index (χ0v) is 10.1. The van der Waals surface area contributed by atoms with E-state index in [1.54, 1.807) is 6.92 Å².